The minimum Gasteiger partial charge on any atom is -0.338 e. The molecule has 0 saturated carbocycles. The quantitative estimate of drug-likeness (QED) is 0.0866. The van der Waals surface area contributed by atoms with Gasteiger partial charge in [-0.2, -0.15) is 30.1 Å². The number of aromatic nitrogens is 8. The van der Waals surface area contributed by atoms with Gasteiger partial charge in [0.15, 0.2) is 16.8 Å². The maximum Gasteiger partial charge on any atom is 0.354 e. The molecule has 0 atom stereocenters. The molecular formula is C49H38N17S3+. The van der Waals surface area contributed by atoms with Crippen LogP contribution in [0.2, 0.25) is 0 Å². The number of hydrogen-bond acceptors (Lipinski definition) is 17. The van der Waals surface area contributed by atoms with Crippen LogP contribution in [0.25, 0.3) is 40.9 Å². The molecule has 0 fully saturated rings. The number of aromatic amines is 1. The van der Waals surface area contributed by atoms with Gasteiger partial charge < -0.3 is 10.6 Å². The van der Waals surface area contributed by atoms with E-state index in [4.69, 9.17) is 45.5 Å². The van der Waals surface area contributed by atoms with Gasteiger partial charge in [-0.05, 0) is 85.4 Å². The SMILES string of the molecule is Cc1cc(C)c(Nc2nc(Nc3nc4ccccc4s3)c(C#N)c(C)c2N=Nc2c(C#N)[nH]c(N=Nc3c(C#N)c(C(C)(C)C)nn3-c3nc4ccccc4s3)[n+]2-c2nc3ccccc3s2)c(C)c1. The van der Waals surface area contributed by atoms with Gasteiger partial charge in [0.25, 0.3) is 10.9 Å². The molecule has 10 rings (SSSR count). The Kier molecular flexibility index (Phi) is 11.3. The van der Waals surface area contributed by atoms with E-state index in [2.05, 4.69) is 46.0 Å². The van der Waals surface area contributed by atoms with Crippen molar-refractivity contribution in [1.82, 2.24) is 34.7 Å². The fourth-order valence-electron chi connectivity index (χ4n) is 7.87. The van der Waals surface area contributed by atoms with E-state index < -0.39 is 5.41 Å². The highest BCUT2D eigenvalue weighted by Gasteiger charge is 2.32. The topological polar surface area (TPSA) is 234 Å². The second kappa shape index (κ2) is 17.6. The first-order valence-corrected chi connectivity index (χ1v) is 23.9. The zero-order chi connectivity index (χ0) is 48.1. The number of benzene rings is 4. The number of aryl methyl sites for hydroxylation is 3. The monoisotopic (exact) mass is 960 g/mol. The lowest BCUT2D eigenvalue weighted by molar-refractivity contribution is -0.566. The van der Waals surface area contributed by atoms with Gasteiger partial charge in [0, 0.05) is 16.7 Å². The van der Waals surface area contributed by atoms with Crippen LogP contribution in [0, 0.1) is 61.7 Å². The van der Waals surface area contributed by atoms with Crippen LogP contribution in [0.5, 0.6) is 0 Å². The first-order valence-electron chi connectivity index (χ1n) is 21.4. The molecule has 0 amide bonds. The number of para-hydroxylation sites is 3. The summed E-state index contributed by atoms with van der Waals surface area (Å²) in [5.41, 5.74) is 7.26. The van der Waals surface area contributed by atoms with Gasteiger partial charge in [0.05, 0.1) is 30.8 Å². The predicted molar refractivity (Wildman–Crippen MR) is 269 cm³/mol. The number of H-pyrrole nitrogens is 1. The predicted octanol–water partition coefficient (Wildman–Crippen LogP) is 13.2. The molecule has 336 valence electrons. The van der Waals surface area contributed by atoms with Gasteiger partial charge in [-0.25, -0.2) is 15.0 Å². The van der Waals surface area contributed by atoms with E-state index in [1.54, 1.807) is 11.5 Å². The summed E-state index contributed by atoms with van der Waals surface area (Å²) in [5.74, 6) is 0.836. The average Bonchev–Trinajstić information content (AvgIpc) is 4.16. The molecule has 0 aliphatic carbocycles. The third-order valence-electron chi connectivity index (χ3n) is 11.1. The standard InChI is InChI=1S/C49H37N17S3/c1-25-20-26(2)38(27(3)21-25)57-42-39(28(4)29(22-50)41(58-42)59-46-54-31-14-8-11-17-35(31)67-46)60-62-44-34(24-52)53-45(65(44)47-55-32-15-9-12-18-36(32)68-47)63-61-43-30(23-51)40(49(5,6)7)64-66(43)48-56-33-16-10-13-19-37(33)69-48/h8-21H,1-7H3,(H2,54,57,58,59,61,62,64)/p+1. The van der Waals surface area contributed by atoms with Gasteiger partial charge in [-0.3, -0.25) is 4.98 Å². The normalized spacial score (nSPS) is 11.8. The Hall–Kier alpha value is -8.61. The first-order chi connectivity index (χ1) is 33.3. The molecule has 0 saturated heterocycles. The summed E-state index contributed by atoms with van der Waals surface area (Å²) in [6.45, 7) is 13.7. The fourth-order valence-corrected chi connectivity index (χ4v) is 10.6. The highest BCUT2D eigenvalue weighted by molar-refractivity contribution is 7.22. The first kappa shape index (κ1) is 44.2. The van der Waals surface area contributed by atoms with E-state index in [9.17, 15) is 15.8 Å². The Labute approximate surface area is 406 Å². The number of rotatable bonds is 10. The molecule has 0 unspecified atom stereocenters. The highest BCUT2D eigenvalue weighted by Crippen LogP contribution is 2.41. The van der Waals surface area contributed by atoms with Crippen molar-refractivity contribution in [3.63, 3.8) is 0 Å². The number of fused-ring (bicyclic) bond motifs is 3. The van der Waals surface area contributed by atoms with Crippen LogP contribution < -0.4 is 15.2 Å². The van der Waals surface area contributed by atoms with Crippen molar-refractivity contribution < 1.29 is 4.57 Å². The number of imidazole rings is 1. The van der Waals surface area contributed by atoms with E-state index in [1.807, 2.05) is 114 Å². The molecule has 10 aromatic rings. The third-order valence-corrected chi connectivity index (χ3v) is 14.1. The number of nitriles is 3. The Bertz CT molecular complexity index is 3770. The van der Waals surface area contributed by atoms with E-state index >= 15 is 0 Å². The van der Waals surface area contributed by atoms with Crippen molar-refractivity contribution in [2.75, 3.05) is 10.6 Å². The summed E-state index contributed by atoms with van der Waals surface area (Å²) in [4.78, 5) is 22.6. The molecule has 3 N–H and O–H groups in total. The van der Waals surface area contributed by atoms with Crippen LogP contribution >= 0.6 is 34.0 Å². The van der Waals surface area contributed by atoms with Crippen LogP contribution in [0.15, 0.2) is 105 Å². The number of anilines is 4. The number of thiazole rings is 3. The van der Waals surface area contributed by atoms with E-state index in [-0.39, 0.29) is 45.9 Å². The lowest BCUT2D eigenvalue weighted by atomic mass is 9.90. The smallest absolute Gasteiger partial charge is 0.338 e. The molecule has 0 spiro atoms. The van der Waals surface area contributed by atoms with Crippen LogP contribution in [0.3, 0.4) is 0 Å². The lowest BCUT2D eigenvalue weighted by Crippen LogP contribution is -2.29. The van der Waals surface area contributed by atoms with Gasteiger partial charge >= 0.3 is 5.95 Å². The molecule has 0 aliphatic heterocycles. The maximum absolute atomic E-state index is 10.7. The second-order valence-corrected chi connectivity index (χ2v) is 20.1. The van der Waals surface area contributed by atoms with E-state index in [0.717, 1.165) is 47.5 Å². The molecule has 0 radical (unpaired) electrons. The van der Waals surface area contributed by atoms with Crippen LogP contribution in [0.1, 0.15) is 65.5 Å². The van der Waals surface area contributed by atoms with Crippen LogP contribution in [-0.2, 0) is 5.41 Å². The molecule has 20 heteroatoms. The van der Waals surface area contributed by atoms with Gasteiger partial charge in [0.2, 0.25) is 16.6 Å². The summed E-state index contributed by atoms with van der Waals surface area (Å²) >= 11 is 4.19. The Balaban J connectivity index is 1.15. The average molecular weight is 961 g/mol. The van der Waals surface area contributed by atoms with Crippen molar-refractivity contribution in [2.24, 2.45) is 20.5 Å². The van der Waals surface area contributed by atoms with Gasteiger partial charge in [0.1, 0.15) is 40.5 Å². The van der Waals surface area contributed by atoms with Crippen molar-refractivity contribution in [3.8, 4) is 28.5 Å². The summed E-state index contributed by atoms with van der Waals surface area (Å²) in [6.07, 6.45) is 0. The summed E-state index contributed by atoms with van der Waals surface area (Å²) < 4.78 is 5.87. The Morgan fingerprint density at radius 1 is 0.667 bits per heavy atom. The molecule has 69 heavy (non-hydrogen) atoms. The maximum atomic E-state index is 10.7. The molecule has 17 nitrogen and oxygen atoms in total. The fraction of sp³-hybridized carbons (Fsp3) is 0.163. The van der Waals surface area contributed by atoms with Gasteiger partial charge in [-0.1, -0.05) is 114 Å². The van der Waals surface area contributed by atoms with Crippen LogP contribution in [0.4, 0.5) is 45.7 Å². The number of hydrogen-bond donors (Lipinski definition) is 3. The Morgan fingerprint density at radius 3 is 1.90 bits per heavy atom. The molecule has 0 aliphatic rings. The van der Waals surface area contributed by atoms with Crippen molar-refractivity contribution >= 4 is 110 Å². The molecular weight excluding hydrogens is 923 g/mol. The Morgan fingerprint density at radius 2 is 1.29 bits per heavy atom. The summed E-state index contributed by atoms with van der Waals surface area (Å²) in [7, 11) is 0. The number of nitrogens with one attached hydrogen (secondary N) is 3. The molecule has 0 bridgehead atoms. The summed E-state index contributed by atoms with van der Waals surface area (Å²) in [6, 6.07) is 34.1. The van der Waals surface area contributed by atoms with Crippen molar-refractivity contribution in [3.05, 3.63) is 130 Å². The van der Waals surface area contributed by atoms with E-state index in [1.165, 1.54) is 38.7 Å². The highest BCUT2D eigenvalue weighted by atomic mass is 32.1. The minimum absolute atomic E-state index is 0.0116. The second-order valence-electron chi connectivity index (χ2n) is 17.0. The van der Waals surface area contributed by atoms with Crippen molar-refractivity contribution in [1.29, 1.82) is 15.8 Å². The molecule has 6 heterocycles. The zero-order valence-corrected chi connectivity index (χ0v) is 40.5. The largest absolute Gasteiger partial charge is 0.354 e. The van der Waals surface area contributed by atoms with Crippen molar-refractivity contribution in [2.45, 2.75) is 53.9 Å². The van der Waals surface area contributed by atoms with Gasteiger partial charge in [-0.15, -0.1) is 10.1 Å². The van der Waals surface area contributed by atoms with E-state index in [0.29, 0.717) is 38.0 Å². The zero-order valence-electron chi connectivity index (χ0n) is 38.1. The molecule has 4 aromatic carbocycles. The summed E-state index contributed by atoms with van der Waals surface area (Å²) in [5, 5.41) is 64.2. The molecule has 6 aromatic heterocycles. The number of nitrogens with zero attached hydrogens (tertiary/aromatic N) is 14. The number of pyridine rings is 1. The minimum atomic E-state index is -0.543. The third kappa shape index (κ3) is 8.21. The lowest BCUT2D eigenvalue weighted by Gasteiger charge is -2.17. The van der Waals surface area contributed by atoms with Crippen LogP contribution in [-0.4, -0.2) is 34.7 Å². The number of azo groups is 2.